The van der Waals surface area contributed by atoms with E-state index in [1.807, 2.05) is 4.90 Å². The van der Waals surface area contributed by atoms with Crippen LogP contribution in [0, 0.1) is 11.8 Å². The van der Waals surface area contributed by atoms with Gasteiger partial charge >= 0.3 is 0 Å². The van der Waals surface area contributed by atoms with E-state index in [0.717, 1.165) is 37.9 Å². The van der Waals surface area contributed by atoms with E-state index in [1.165, 1.54) is 5.56 Å². The maximum absolute atomic E-state index is 12.4. The van der Waals surface area contributed by atoms with Gasteiger partial charge in [-0.15, -0.1) is 12.4 Å². The molecule has 2 rings (SSSR count). The third-order valence-electron chi connectivity index (χ3n) is 4.66. The zero-order valence-electron chi connectivity index (χ0n) is 14.6. The molecular weight excluding hydrogens is 308 g/mol. The molecule has 1 heterocycles. The van der Waals surface area contributed by atoms with E-state index in [9.17, 15) is 4.79 Å². The number of rotatable bonds is 5. The van der Waals surface area contributed by atoms with Gasteiger partial charge in [0.05, 0.1) is 6.42 Å². The first kappa shape index (κ1) is 20.0. The van der Waals surface area contributed by atoms with Crippen LogP contribution in [0.3, 0.4) is 0 Å². The Hall–Kier alpha value is -1.06. The fraction of sp³-hybridized carbons (Fsp3) is 0.632. The molecule has 0 spiro atoms. The number of carbonyl (C=O) groups excluding carboxylic acids is 1. The summed E-state index contributed by atoms with van der Waals surface area (Å²) in [5.41, 5.74) is 8.43. The molecule has 2 N–H and O–H groups in total. The lowest BCUT2D eigenvalue weighted by Crippen LogP contribution is -2.43. The SMILES string of the molecule is CC(C)Cc1ccc(CC(=O)N2CCC(C(C)N)CC2)cc1.Cl. The summed E-state index contributed by atoms with van der Waals surface area (Å²) in [7, 11) is 0. The Morgan fingerprint density at radius 1 is 1.13 bits per heavy atom. The van der Waals surface area contributed by atoms with Crippen LogP contribution in [-0.2, 0) is 17.6 Å². The predicted molar refractivity (Wildman–Crippen MR) is 98.9 cm³/mol. The topological polar surface area (TPSA) is 46.3 Å². The Morgan fingerprint density at radius 3 is 2.13 bits per heavy atom. The summed E-state index contributed by atoms with van der Waals surface area (Å²) in [4.78, 5) is 14.4. The maximum Gasteiger partial charge on any atom is 0.226 e. The van der Waals surface area contributed by atoms with E-state index in [2.05, 4.69) is 45.0 Å². The van der Waals surface area contributed by atoms with E-state index in [-0.39, 0.29) is 24.4 Å². The number of nitrogens with two attached hydrogens (primary N) is 1. The van der Waals surface area contributed by atoms with Gasteiger partial charge in [0, 0.05) is 19.1 Å². The summed E-state index contributed by atoms with van der Waals surface area (Å²) in [5.74, 6) is 1.48. The average Bonchev–Trinajstić information content (AvgIpc) is 2.49. The largest absolute Gasteiger partial charge is 0.342 e. The van der Waals surface area contributed by atoms with E-state index in [1.54, 1.807) is 0 Å². The standard InChI is InChI=1S/C19H30N2O.ClH/c1-14(2)12-16-4-6-17(7-5-16)13-19(22)21-10-8-18(9-11-21)15(3)20;/h4-7,14-15,18H,8-13,20H2,1-3H3;1H. The number of likely N-dealkylation sites (tertiary alicyclic amines) is 1. The van der Waals surface area contributed by atoms with Crippen molar-refractivity contribution in [2.45, 2.75) is 52.5 Å². The minimum Gasteiger partial charge on any atom is -0.342 e. The molecule has 4 heteroatoms. The number of amides is 1. The molecule has 23 heavy (non-hydrogen) atoms. The normalized spacial score (nSPS) is 17.0. The van der Waals surface area contributed by atoms with Crippen molar-refractivity contribution in [1.82, 2.24) is 4.90 Å². The Bertz CT molecular complexity index is 477. The molecular formula is C19H31ClN2O. The molecule has 0 bridgehead atoms. The number of hydrogen-bond donors (Lipinski definition) is 1. The van der Waals surface area contributed by atoms with Gasteiger partial charge in [-0.2, -0.15) is 0 Å². The average molecular weight is 339 g/mol. The first-order valence-corrected chi connectivity index (χ1v) is 8.57. The highest BCUT2D eigenvalue weighted by atomic mass is 35.5. The Kier molecular flexibility index (Phi) is 8.07. The van der Waals surface area contributed by atoms with Crippen LogP contribution in [0.5, 0.6) is 0 Å². The van der Waals surface area contributed by atoms with Crippen molar-refractivity contribution in [2.24, 2.45) is 17.6 Å². The van der Waals surface area contributed by atoms with Crippen LogP contribution in [0.15, 0.2) is 24.3 Å². The van der Waals surface area contributed by atoms with Gasteiger partial charge in [-0.3, -0.25) is 4.79 Å². The third-order valence-corrected chi connectivity index (χ3v) is 4.66. The summed E-state index contributed by atoms with van der Waals surface area (Å²) < 4.78 is 0. The monoisotopic (exact) mass is 338 g/mol. The molecule has 1 atom stereocenters. The third kappa shape index (κ3) is 6.15. The molecule has 1 aromatic rings. The van der Waals surface area contributed by atoms with Crippen LogP contribution in [-0.4, -0.2) is 29.9 Å². The molecule has 1 saturated heterocycles. The van der Waals surface area contributed by atoms with Crippen LogP contribution in [0.4, 0.5) is 0 Å². The van der Waals surface area contributed by atoms with Gasteiger partial charge in [-0.05, 0) is 49.1 Å². The van der Waals surface area contributed by atoms with Gasteiger partial charge in [-0.1, -0.05) is 38.1 Å². The second-order valence-electron chi connectivity index (χ2n) is 7.17. The lowest BCUT2D eigenvalue weighted by atomic mass is 9.90. The summed E-state index contributed by atoms with van der Waals surface area (Å²) in [6.07, 6.45) is 3.69. The molecule has 0 radical (unpaired) electrons. The summed E-state index contributed by atoms with van der Waals surface area (Å²) >= 11 is 0. The Labute approximate surface area is 147 Å². The van der Waals surface area contributed by atoms with Gasteiger partial charge in [0.25, 0.3) is 0 Å². The number of piperidine rings is 1. The number of hydrogen-bond acceptors (Lipinski definition) is 2. The molecule has 0 aliphatic carbocycles. The number of benzene rings is 1. The second-order valence-corrected chi connectivity index (χ2v) is 7.17. The van der Waals surface area contributed by atoms with Gasteiger partial charge in [0.1, 0.15) is 0 Å². The molecule has 1 aliphatic heterocycles. The zero-order chi connectivity index (χ0) is 16.1. The van der Waals surface area contributed by atoms with Crippen LogP contribution in [0.1, 0.15) is 44.7 Å². The van der Waals surface area contributed by atoms with E-state index < -0.39 is 0 Å². The van der Waals surface area contributed by atoms with Gasteiger partial charge < -0.3 is 10.6 Å². The van der Waals surface area contributed by atoms with E-state index >= 15 is 0 Å². The van der Waals surface area contributed by atoms with Crippen molar-refractivity contribution in [3.05, 3.63) is 35.4 Å². The van der Waals surface area contributed by atoms with Crippen molar-refractivity contribution in [3.63, 3.8) is 0 Å². The summed E-state index contributed by atoms with van der Waals surface area (Å²) in [5, 5.41) is 0. The molecule has 1 aliphatic rings. The molecule has 1 fully saturated rings. The van der Waals surface area contributed by atoms with Gasteiger partial charge in [-0.25, -0.2) is 0 Å². The minimum atomic E-state index is 0. The van der Waals surface area contributed by atoms with Crippen LogP contribution < -0.4 is 5.73 Å². The lowest BCUT2D eigenvalue weighted by Gasteiger charge is -2.33. The second kappa shape index (κ2) is 9.29. The lowest BCUT2D eigenvalue weighted by molar-refractivity contribution is -0.131. The first-order valence-electron chi connectivity index (χ1n) is 8.57. The van der Waals surface area contributed by atoms with Gasteiger partial charge in [0.15, 0.2) is 0 Å². The molecule has 0 aromatic heterocycles. The van der Waals surface area contributed by atoms with Crippen molar-refractivity contribution in [1.29, 1.82) is 0 Å². The van der Waals surface area contributed by atoms with Crippen LogP contribution >= 0.6 is 12.4 Å². The van der Waals surface area contributed by atoms with Crippen LogP contribution in [0.25, 0.3) is 0 Å². The van der Waals surface area contributed by atoms with Crippen molar-refractivity contribution >= 4 is 18.3 Å². The van der Waals surface area contributed by atoms with E-state index in [0.29, 0.717) is 18.3 Å². The highest BCUT2D eigenvalue weighted by Crippen LogP contribution is 2.20. The van der Waals surface area contributed by atoms with Gasteiger partial charge in [0.2, 0.25) is 5.91 Å². The Morgan fingerprint density at radius 2 is 1.65 bits per heavy atom. The molecule has 3 nitrogen and oxygen atoms in total. The van der Waals surface area contributed by atoms with Crippen molar-refractivity contribution in [2.75, 3.05) is 13.1 Å². The quantitative estimate of drug-likeness (QED) is 0.894. The summed E-state index contributed by atoms with van der Waals surface area (Å²) in [6, 6.07) is 8.76. The fourth-order valence-corrected chi connectivity index (χ4v) is 3.23. The highest BCUT2D eigenvalue weighted by Gasteiger charge is 2.24. The molecule has 130 valence electrons. The summed E-state index contributed by atoms with van der Waals surface area (Å²) in [6.45, 7) is 8.24. The Balaban J connectivity index is 0.00000264. The van der Waals surface area contributed by atoms with E-state index in [4.69, 9.17) is 5.73 Å². The van der Waals surface area contributed by atoms with Crippen LogP contribution in [0.2, 0.25) is 0 Å². The number of carbonyl (C=O) groups is 1. The highest BCUT2D eigenvalue weighted by molar-refractivity contribution is 5.85. The minimum absolute atomic E-state index is 0. The fourth-order valence-electron chi connectivity index (χ4n) is 3.23. The molecule has 1 unspecified atom stereocenters. The number of nitrogens with zero attached hydrogens (tertiary/aromatic N) is 1. The zero-order valence-corrected chi connectivity index (χ0v) is 15.4. The first-order chi connectivity index (χ1) is 10.5. The number of halogens is 1. The molecule has 1 aromatic carbocycles. The smallest absolute Gasteiger partial charge is 0.226 e. The maximum atomic E-state index is 12.4. The predicted octanol–water partition coefficient (Wildman–Crippen LogP) is 3.44. The molecule has 1 amide bonds. The van der Waals surface area contributed by atoms with Crippen molar-refractivity contribution < 1.29 is 4.79 Å². The van der Waals surface area contributed by atoms with Crippen molar-refractivity contribution in [3.8, 4) is 0 Å². The molecule has 0 saturated carbocycles.